The molecule has 1 aromatic heterocycles. The Morgan fingerprint density at radius 2 is 1.59 bits per heavy atom. The Morgan fingerprint density at radius 1 is 0.969 bits per heavy atom. The van der Waals surface area contributed by atoms with Gasteiger partial charge in [-0.1, -0.05) is 84.8 Å². The van der Waals surface area contributed by atoms with Gasteiger partial charge in [0.1, 0.15) is 4.88 Å². The van der Waals surface area contributed by atoms with E-state index in [1.54, 1.807) is 24.3 Å². The first kappa shape index (κ1) is 22.4. The van der Waals surface area contributed by atoms with E-state index < -0.39 is 15.7 Å². The molecule has 32 heavy (non-hydrogen) atoms. The second-order valence-corrected chi connectivity index (χ2v) is 11.2. The third kappa shape index (κ3) is 5.14. The van der Waals surface area contributed by atoms with E-state index >= 15 is 0 Å². The van der Waals surface area contributed by atoms with Crippen LogP contribution in [0.4, 0.5) is 5.13 Å². The van der Waals surface area contributed by atoms with Crippen molar-refractivity contribution in [3.63, 3.8) is 0 Å². The van der Waals surface area contributed by atoms with Crippen LogP contribution in [0.5, 0.6) is 0 Å². The molecule has 1 fully saturated rings. The van der Waals surface area contributed by atoms with Gasteiger partial charge in [-0.15, -0.1) is 0 Å². The number of ketones is 1. The lowest BCUT2D eigenvalue weighted by molar-refractivity contribution is -0.115. The number of hydrogen-bond acceptors (Lipinski definition) is 6. The number of nitrogens with zero attached hydrogens (tertiary/aromatic N) is 1. The molecule has 8 heteroatoms. The number of sulfone groups is 1. The topological polar surface area (TPSA) is 93.2 Å². The lowest BCUT2D eigenvalue weighted by Gasteiger charge is -2.10. The number of nitrogens with one attached hydrogen (secondary N) is 1. The van der Waals surface area contributed by atoms with Crippen molar-refractivity contribution in [3.05, 3.63) is 71.1 Å². The van der Waals surface area contributed by atoms with E-state index in [4.69, 9.17) is 0 Å². The predicted molar refractivity (Wildman–Crippen MR) is 127 cm³/mol. The number of benzene rings is 2. The molecule has 6 nitrogen and oxygen atoms in total. The number of rotatable bonds is 8. The van der Waals surface area contributed by atoms with Gasteiger partial charge in [-0.3, -0.25) is 9.59 Å². The van der Waals surface area contributed by atoms with Crippen LogP contribution in [0.25, 0.3) is 11.3 Å². The Morgan fingerprint density at radius 3 is 2.25 bits per heavy atom. The van der Waals surface area contributed by atoms with E-state index in [1.807, 2.05) is 36.4 Å². The van der Waals surface area contributed by atoms with Gasteiger partial charge in [0.2, 0.25) is 11.7 Å². The third-order valence-electron chi connectivity index (χ3n) is 5.59. The van der Waals surface area contributed by atoms with Crippen molar-refractivity contribution < 1.29 is 18.0 Å². The van der Waals surface area contributed by atoms with Crippen molar-refractivity contribution in [3.8, 4) is 11.3 Å². The number of hydrogen-bond donors (Lipinski definition) is 1. The van der Waals surface area contributed by atoms with Crippen molar-refractivity contribution in [2.45, 2.75) is 37.4 Å². The number of carbonyl (C=O) groups excluding carboxylic acids is 2. The number of thiazole rings is 1. The Kier molecular flexibility index (Phi) is 6.81. The van der Waals surface area contributed by atoms with Gasteiger partial charge in [0.05, 0.1) is 16.7 Å². The molecule has 4 rings (SSSR count). The Balaban J connectivity index is 1.53. The second kappa shape index (κ2) is 9.75. The van der Waals surface area contributed by atoms with Crippen molar-refractivity contribution in [2.75, 3.05) is 11.1 Å². The Labute approximate surface area is 191 Å². The van der Waals surface area contributed by atoms with Gasteiger partial charge in [-0.25, -0.2) is 13.4 Å². The monoisotopic (exact) mass is 468 g/mol. The van der Waals surface area contributed by atoms with Crippen LogP contribution in [0.1, 0.15) is 47.3 Å². The first-order valence-electron chi connectivity index (χ1n) is 10.6. The van der Waals surface area contributed by atoms with Crippen LogP contribution < -0.4 is 5.32 Å². The molecule has 0 bridgehead atoms. The zero-order valence-corrected chi connectivity index (χ0v) is 19.1. The summed E-state index contributed by atoms with van der Waals surface area (Å²) in [5, 5.41) is 2.65. The molecule has 1 N–H and O–H groups in total. The van der Waals surface area contributed by atoms with Gasteiger partial charge in [0, 0.05) is 17.5 Å². The fourth-order valence-corrected chi connectivity index (χ4v) is 6.69. The lowest BCUT2D eigenvalue weighted by atomic mass is 10.1. The molecule has 1 aliphatic rings. The molecular formula is C24H24N2O4S2. The maximum atomic E-state index is 13.1. The molecule has 0 spiro atoms. The highest BCUT2D eigenvalue weighted by atomic mass is 32.2. The number of anilines is 1. The molecule has 0 unspecified atom stereocenters. The summed E-state index contributed by atoms with van der Waals surface area (Å²) in [6.07, 6.45) is 3.09. The van der Waals surface area contributed by atoms with Gasteiger partial charge in [0.25, 0.3) is 0 Å². The van der Waals surface area contributed by atoms with Crippen molar-refractivity contribution in [1.82, 2.24) is 4.98 Å². The fourth-order valence-electron chi connectivity index (χ4n) is 3.87. The zero-order chi connectivity index (χ0) is 22.6. The summed E-state index contributed by atoms with van der Waals surface area (Å²) in [7, 11) is -3.27. The minimum atomic E-state index is -3.27. The average molecular weight is 469 g/mol. The van der Waals surface area contributed by atoms with Gasteiger partial charge in [-0.2, -0.15) is 0 Å². The fraction of sp³-hybridized carbons (Fsp3) is 0.292. The highest BCUT2D eigenvalue weighted by Gasteiger charge is 2.29. The lowest BCUT2D eigenvalue weighted by Crippen LogP contribution is -2.24. The summed E-state index contributed by atoms with van der Waals surface area (Å²) in [4.78, 5) is 30.5. The summed E-state index contributed by atoms with van der Waals surface area (Å²) >= 11 is 1.10. The van der Waals surface area contributed by atoms with Gasteiger partial charge in [-0.05, 0) is 12.8 Å². The van der Waals surface area contributed by atoms with E-state index in [-0.39, 0.29) is 28.3 Å². The van der Waals surface area contributed by atoms with E-state index in [1.165, 1.54) is 0 Å². The number of carbonyl (C=O) groups is 2. The summed E-state index contributed by atoms with van der Waals surface area (Å²) < 4.78 is 24.9. The van der Waals surface area contributed by atoms with Crippen LogP contribution >= 0.6 is 11.3 Å². The smallest absolute Gasteiger partial charge is 0.227 e. The van der Waals surface area contributed by atoms with E-state index in [2.05, 4.69) is 10.3 Å². The Hall–Kier alpha value is -2.84. The summed E-state index contributed by atoms with van der Waals surface area (Å²) in [6, 6.07) is 18.2. The molecule has 2 aromatic carbocycles. The normalized spacial score (nSPS) is 14.4. The van der Waals surface area contributed by atoms with Crippen LogP contribution in [0.2, 0.25) is 0 Å². The molecular weight excluding hydrogens is 444 g/mol. The van der Waals surface area contributed by atoms with E-state index in [0.717, 1.165) is 29.7 Å². The molecule has 3 aromatic rings. The quantitative estimate of drug-likeness (QED) is 0.483. The van der Waals surface area contributed by atoms with Crippen molar-refractivity contribution in [2.24, 2.45) is 0 Å². The van der Waals surface area contributed by atoms with Crippen molar-refractivity contribution in [1.29, 1.82) is 0 Å². The summed E-state index contributed by atoms with van der Waals surface area (Å²) in [5.74, 6) is -0.763. The molecule has 0 atom stereocenters. The third-order valence-corrected chi connectivity index (χ3v) is 8.82. The van der Waals surface area contributed by atoms with Gasteiger partial charge < -0.3 is 5.32 Å². The first-order chi connectivity index (χ1) is 15.4. The highest BCUT2D eigenvalue weighted by Crippen LogP contribution is 2.33. The molecule has 0 radical (unpaired) electrons. The molecule has 0 aliphatic heterocycles. The van der Waals surface area contributed by atoms with Crippen LogP contribution in [0.3, 0.4) is 0 Å². The highest BCUT2D eigenvalue weighted by molar-refractivity contribution is 7.92. The van der Waals surface area contributed by atoms with Crippen LogP contribution in [0, 0.1) is 0 Å². The van der Waals surface area contributed by atoms with Crippen LogP contribution in [-0.4, -0.2) is 36.1 Å². The molecule has 1 heterocycles. The maximum Gasteiger partial charge on any atom is 0.227 e. The predicted octanol–water partition coefficient (Wildman–Crippen LogP) is 4.73. The van der Waals surface area contributed by atoms with Gasteiger partial charge in [0.15, 0.2) is 15.0 Å². The Bertz CT molecular complexity index is 1200. The van der Waals surface area contributed by atoms with Crippen LogP contribution in [0.15, 0.2) is 60.7 Å². The number of amides is 1. The summed E-state index contributed by atoms with van der Waals surface area (Å²) in [6.45, 7) is 0. The standard InChI is InChI=1S/C24H24N2O4S2/c27-20(15-16-32(29,30)19-13-7-8-14-19)25-24-26-21(17-9-3-1-4-10-17)23(31-24)22(28)18-11-5-2-6-12-18/h1-6,9-12,19H,7-8,13-16H2,(H,25,26,27). The minimum Gasteiger partial charge on any atom is -0.302 e. The largest absolute Gasteiger partial charge is 0.302 e. The average Bonchev–Trinajstić information content (AvgIpc) is 3.50. The van der Waals surface area contributed by atoms with Gasteiger partial charge >= 0.3 is 0 Å². The van der Waals surface area contributed by atoms with E-state index in [9.17, 15) is 18.0 Å². The second-order valence-electron chi connectivity index (χ2n) is 7.83. The molecule has 0 saturated heterocycles. The van der Waals surface area contributed by atoms with Crippen molar-refractivity contribution >= 4 is 38.0 Å². The SMILES string of the molecule is O=C(CCS(=O)(=O)C1CCCC1)Nc1nc(-c2ccccc2)c(C(=O)c2ccccc2)s1. The number of aromatic nitrogens is 1. The first-order valence-corrected chi connectivity index (χ1v) is 13.1. The van der Waals surface area contributed by atoms with Crippen LogP contribution in [-0.2, 0) is 14.6 Å². The molecule has 1 aliphatic carbocycles. The summed E-state index contributed by atoms with van der Waals surface area (Å²) in [5.41, 5.74) is 1.81. The molecule has 1 amide bonds. The minimum absolute atomic E-state index is 0.124. The molecule has 166 valence electrons. The zero-order valence-electron chi connectivity index (χ0n) is 17.5. The molecule has 1 saturated carbocycles. The van der Waals surface area contributed by atoms with E-state index in [0.29, 0.717) is 29.0 Å². The maximum absolute atomic E-state index is 13.1.